The number of nitrogens with zero attached hydrogens (tertiary/aromatic N) is 1. The average molecular weight is 696 g/mol. The lowest BCUT2D eigenvalue weighted by Gasteiger charge is -2.39. The van der Waals surface area contributed by atoms with Crippen LogP contribution in [0.1, 0.15) is 230 Å². The number of hydrogen-bond acceptors (Lipinski definition) is 4. The van der Waals surface area contributed by atoms with Gasteiger partial charge in [0.05, 0.1) is 0 Å². The lowest BCUT2D eigenvalue weighted by molar-refractivity contribution is -0.403. The summed E-state index contributed by atoms with van der Waals surface area (Å²) < 4.78 is 19.1. The van der Waals surface area contributed by atoms with Crippen molar-refractivity contribution in [3.8, 4) is 0 Å². The largest absolute Gasteiger partial charge is 0.328 e. The molecule has 4 heteroatoms. The fourth-order valence-corrected chi connectivity index (χ4v) is 7.40. The van der Waals surface area contributed by atoms with Gasteiger partial charge in [-0.25, -0.2) is 0 Å². The Hall–Kier alpha value is -0.160. The van der Waals surface area contributed by atoms with Crippen LogP contribution in [0.4, 0.5) is 0 Å². The molecule has 0 aromatic carbocycles. The molecular formula is C45H93NO3. The summed E-state index contributed by atoms with van der Waals surface area (Å²) in [6.07, 6.45) is 33.6. The molecule has 0 bridgehead atoms. The number of hydrogen-bond donors (Lipinski definition) is 0. The van der Waals surface area contributed by atoms with Crippen LogP contribution in [-0.2, 0) is 14.2 Å². The maximum absolute atomic E-state index is 6.35. The minimum absolute atomic E-state index is 0.275. The quantitative estimate of drug-likeness (QED) is 0.0482. The molecule has 0 radical (unpaired) electrons. The van der Waals surface area contributed by atoms with Crippen LogP contribution in [0.2, 0.25) is 0 Å². The van der Waals surface area contributed by atoms with Crippen LogP contribution in [0.3, 0.4) is 0 Å². The standard InChI is InChI=1S/C45H93NO3/c1-11-15-16-17-24-29-35-42(45(47-12-2,48-13-3)49-14-4)36-34-41-46(39-32-27-22-18-20-25-30-37-43(5,6)7)40-33-28-23-19-21-26-31-38-44(8,9)10/h42H,11-41H2,1-10H3. The molecule has 296 valence electrons. The van der Waals surface area contributed by atoms with Crippen molar-refractivity contribution in [3.05, 3.63) is 0 Å². The summed E-state index contributed by atoms with van der Waals surface area (Å²) in [6, 6.07) is 0. The average Bonchev–Trinajstić information content (AvgIpc) is 3.02. The molecule has 49 heavy (non-hydrogen) atoms. The van der Waals surface area contributed by atoms with E-state index in [0.29, 0.717) is 30.7 Å². The number of unbranched alkanes of at least 4 members (excludes halogenated alkanes) is 17. The molecule has 0 heterocycles. The van der Waals surface area contributed by atoms with E-state index in [2.05, 4.69) is 74.1 Å². The van der Waals surface area contributed by atoms with Crippen LogP contribution < -0.4 is 0 Å². The van der Waals surface area contributed by atoms with E-state index in [0.717, 1.165) is 12.8 Å². The Morgan fingerprint density at radius 3 is 1.10 bits per heavy atom. The molecule has 0 aliphatic rings. The van der Waals surface area contributed by atoms with Crippen LogP contribution in [0.5, 0.6) is 0 Å². The topological polar surface area (TPSA) is 30.9 Å². The Balaban J connectivity index is 5.04. The van der Waals surface area contributed by atoms with Gasteiger partial charge in [0, 0.05) is 25.7 Å². The summed E-state index contributed by atoms with van der Waals surface area (Å²) >= 11 is 0. The van der Waals surface area contributed by atoms with E-state index in [4.69, 9.17) is 14.2 Å². The van der Waals surface area contributed by atoms with Gasteiger partial charge in [-0.15, -0.1) is 0 Å². The number of ether oxygens (including phenoxy) is 3. The summed E-state index contributed by atoms with van der Waals surface area (Å²) in [5.41, 5.74) is 0.973. The van der Waals surface area contributed by atoms with E-state index in [1.165, 1.54) is 167 Å². The summed E-state index contributed by atoms with van der Waals surface area (Å²) in [5, 5.41) is 0. The minimum atomic E-state index is -0.897. The molecule has 1 atom stereocenters. The monoisotopic (exact) mass is 696 g/mol. The highest BCUT2D eigenvalue weighted by atomic mass is 16.9. The predicted molar refractivity (Wildman–Crippen MR) is 218 cm³/mol. The molecule has 0 saturated carbocycles. The second-order valence-electron chi connectivity index (χ2n) is 17.7. The van der Waals surface area contributed by atoms with Crippen molar-refractivity contribution in [3.63, 3.8) is 0 Å². The summed E-state index contributed by atoms with van der Waals surface area (Å²) in [6.45, 7) is 28.3. The smallest absolute Gasteiger partial charge is 0.285 e. The molecule has 0 N–H and O–H groups in total. The van der Waals surface area contributed by atoms with E-state index in [1.54, 1.807) is 0 Å². The molecule has 0 saturated heterocycles. The molecule has 0 aromatic heterocycles. The van der Waals surface area contributed by atoms with Crippen molar-refractivity contribution >= 4 is 0 Å². The molecule has 0 rings (SSSR count). The second kappa shape index (κ2) is 31.4. The van der Waals surface area contributed by atoms with Gasteiger partial charge in [0.2, 0.25) is 0 Å². The highest BCUT2D eigenvalue weighted by molar-refractivity contribution is 4.74. The van der Waals surface area contributed by atoms with Gasteiger partial charge in [-0.3, -0.25) is 0 Å². The maximum Gasteiger partial charge on any atom is 0.285 e. The van der Waals surface area contributed by atoms with Crippen molar-refractivity contribution in [1.82, 2.24) is 4.90 Å². The first kappa shape index (κ1) is 48.8. The second-order valence-corrected chi connectivity index (χ2v) is 17.7. The summed E-state index contributed by atoms with van der Waals surface area (Å²) in [5.74, 6) is -0.622. The maximum atomic E-state index is 6.35. The van der Waals surface area contributed by atoms with E-state index in [-0.39, 0.29) is 5.92 Å². The Morgan fingerprint density at radius 1 is 0.388 bits per heavy atom. The zero-order chi connectivity index (χ0) is 36.7. The fraction of sp³-hybridized carbons (Fsp3) is 1.00. The highest BCUT2D eigenvalue weighted by Gasteiger charge is 2.41. The van der Waals surface area contributed by atoms with Crippen LogP contribution in [0.25, 0.3) is 0 Å². The molecule has 0 spiro atoms. The summed E-state index contributed by atoms with van der Waals surface area (Å²) in [4.78, 5) is 2.80. The Labute approximate surface area is 310 Å². The van der Waals surface area contributed by atoms with Crippen molar-refractivity contribution in [2.45, 2.75) is 236 Å². The van der Waals surface area contributed by atoms with Gasteiger partial charge >= 0.3 is 0 Å². The van der Waals surface area contributed by atoms with Crippen molar-refractivity contribution in [2.75, 3.05) is 39.5 Å². The van der Waals surface area contributed by atoms with E-state index < -0.39 is 5.97 Å². The minimum Gasteiger partial charge on any atom is -0.328 e. The van der Waals surface area contributed by atoms with Gasteiger partial charge in [-0.1, -0.05) is 164 Å². The highest BCUT2D eigenvalue weighted by Crippen LogP contribution is 2.34. The van der Waals surface area contributed by atoms with Gasteiger partial charge in [-0.2, -0.15) is 0 Å². The van der Waals surface area contributed by atoms with Gasteiger partial charge in [-0.05, 0) is 96.2 Å². The molecule has 1 unspecified atom stereocenters. The molecule has 0 amide bonds. The van der Waals surface area contributed by atoms with Crippen molar-refractivity contribution in [2.24, 2.45) is 16.7 Å². The third kappa shape index (κ3) is 30.0. The van der Waals surface area contributed by atoms with E-state index in [1.807, 2.05) is 0 Å². The molecule has 4 nitrogen and oxygen atoms in total. The molecule has 0 aliphatic carbocycles. The van der Waals surface area contributed by atoms with E-state index in [9.17, 15) is 0 Å². The van der Waals surface area contributed by atoms with Crippen molar-refractivity contribution < 1.29 is 14.2 Å². The predicted octanol–water partition coefficient (Wildman–Crippen LogP) is 14.5. The fourth-order valence-electron chi connectivity index (χ4n) is 7.40. The van der Waals surface area contributed by atoms with Crippen molar-refractivity contribution in [1.29, 1.82) is 0 Å². The van der Waals surface area contributed by atoms with Gasteiger partial charge in [0.1, 0.15) is 0 Å². The van der Waals surface area contributed by atoms with E-state index >= 15 is 0 Å². The normalized spacial score (nSPS) is 13.5. The molecule has 0 aliphatic heterocycles. The molecular weight excluding hydrogens is 602 g/mol. The first-order valence-corrected chi connectivity index (χ1v) is 22.1. The lowest BCUT2D eigenvalue weighted by atomic mass is 9.89. The van der Waals surface area contributed by atoms with Gasteiger partial charge in [0.25, 0.3) is 5.97 Å². The van der Waals surface area contributed by atoms with Crippen LogP contribution in [0.15, 0.2) is 0 Å². The molecule has 0 aromatic rings. The van der Waals surface area contributed by atoms with Crippen LogP contribution in [-0.4, -0.2) is 50.3 Å². The SMILES string of the molecule is CCCCCCCCC(CCCN(CCCCCCCCCC(C)(C)C)CCCCCCCCCC(C)(C)C)C(OCC)(OCC)OCC. The van der Waals surface area contributed by atoms with Gasteiger partial charge in [0.15, 0.2) is 0 Å². The van der Waals surface area contributed by atoms with Crippen LogP contribution >= 0.6 is 0 Å². The molecule has 0 fully saturated rings. The Kier molecular flexibility index (Phi) is 31.3. The zero-order valence-corrected chi connectivity index (χ0v) is 35.7. The zero-order valence-electron chi connectivity index (χ0n) is 35.7. The lowest BCUT2D eigenvalue weighted by Crippen LogP contribution is -2.47. The Bertz CT molecular complexity index is 633. The first-order valence-electron chi connectivity index (χ1n) is 22.1. The summed E-state index contributed by atoms with van der Waals surface area (Å²) in [7, 11) is 0. The van der Waals surface area contributed by atoms with Gasteiger partial charge < -0.3 is 19.1 Å². The van der Waals surface area contributed by atoms with Crippen LogP contribution in [0, 0.1) is 16.7 Å². The number of rotatable bonds is 36. The first-order chi connectivity index (χ1) is 23.4. The third-order valence-electron chi connectivity index (χ3n) is 10.3. The Morgan fingerprint density at radius 2 is 0.714 bits per heavy atom. The third-order valence-corrected chi connectivity index (χ3v) is 10.3.